The Balaban J connectivity index is -0.000000720. The van der Waals surface area contributed by atoms with Crippen LogP contribution in [0.5, 0.6) is 0 Å². The van der Waals surface area contributed by atoms with Crippen molar-refractivity contribution < 1.29 is 19.4 Å². The summed E-state index contributed by atoms with van der Waals surface area (Å²) in [5.74, 6) is -1.15. The summed E-state index contributed by atoms with van der Waals surface area (Å²) in [5.41, 5.74) is 5.12. The van der Waals surface area contributed by atoms with Crippen LogP contribution in [0.3, 0.4) is 0 Å². The van der Waals surface area contributed by atoms with E-state index < -0.39 is 5.97 Å². The van der Waals surface area contributed by atoms with Gasteiger partial charge in [0.1, 0.15) is 6.61 Å². The highest BCUT2D eigenvalue weighted by atomic mass is 35.5. The topological polar surface area (TPSA) is 89.6 Å². The molecule has 0 unspecified atom stereocenters. The van der Waals surface area contributed by atoms with Crippen LogP contribution in [0, 0.1) is 0 Å². The van der Waals surface area contributed by atoms with Gasteiger partial charge in [0.25, 0.3) is 0 Å². The molecule has 92 valence electrons. The number of carboxylic acid groups (broad SMARTS) is 1. The largest absolute Gasteiger partial charge is 0.481 e. The zero-order chi connectivity index (χ0) is 10.1. The average Bonchev–Trinajstić information content (AvgIpc) is 2.08. The van der Waals surface area contributed by atoms with Crippen molar-refractivity contribution in [3.05, 3.63) is 0 Å². The van der Waals surface area contributed by atoms with Gasteiger partial charge in [-0.1, -0.05) is 0 Å². The lowest BCUT2D eigenvalue weighted by molar-refractivity contribution is -0.144. The molecule has 0 aliphatic carbocycles. The highest BCUT2D eigenvalue weighted by Gasteiger charge is 2.02. The molecule has 0 aliphatic rings. The van der Waals surface area contributed by atoms with Gasteiger partial charge in [0.15, 0.2) is 0 Å². The molecule has 5 nitrogen and oxygen atoms in total. The molecule has 0 atom stereocenters. The SMILES string of the molecule is Cl.Cl.NCCOC(=O)CCCCC(=O)O. The molecule has 0 aromatic rings. The van der Waals surface area contributed by atoms with Crippen LogP contribution in [0.2, 0.25) is 0 Å². The van der Waals surface area contributed by atoms with Crippen molar-refractivity contribution in [2.45, 2.75) is 25.7 Å². The van der Waals surface area contributed by atoms with Crippen LogP contribution in [-0.2, 0) is 14.3 Å². The molecule has 0 spiro atoms. The summed E-state index contributed by atoms with van der Waals surface area (Å²) >= 11 is 0. The average molecular weight is 262 g/mol. The standard InChI is InChI=1S/C8H15NO4.2ClH/c9-5-6-13-8(12)4-2-1-3-7(10)11;;/h1-6,9H2,(H,10,11);2*1H. The van der Waals surface area contributed by atoms with Gasteiger partial charge in [-0.05, 0) is 12.8 Å². The molecule has 0 heterocycles. The number of carbonyl (C=O) groups excluding carboxylic acids is 1. The smallest absolute Gasteiger partial charge is 0.305 e. The first-order chi connectivity index (χ1) is 6.16. The van der Waals surface area contributed by atoms with Crippen LogP contribution in [0.25, 0.3) is 0 Å². The third kappa shape index (κ3) is 16.2. The van der Waals surface area contributed by atoms with Crippen LogP contribution in [0.1, 0.15) is 25.7 Å². The van der Waals surface area contributed by atoms with E-state index in [0.717, 1.165) is 0 Å². The van der Waals surface area contributed by atoms with E-state index in [1.807, 2.05) is 0 Å². The lowest BCUT2D eigenvalue weighted by Gasteiger charge is -2.01. The van der Waals surface area contributed by atoms with Crippen molar-refractivity contribution in [1.29, 1.82) is 0 Å². The van der Waals surface area contributed by atoms with Crippen molar-refractivity contribution in [2.75, 3.05) is 13.2 Å². The van der Waals surface area contributed by atoms with Crippen LogP contribution < -0.4 is 5.73 Å². The van der Waals surface area contributed by atoms with Gasteiger partial charge in [0.2, 0.25) is 0 Å². The van der Waals surface area contributed by atoms with Crippen molar-refractivity contribution in [3.8, 4) is 0 Å². The van der Waals surface area contributed by atoms with E-state index in [1.165, 1.54) is 0 Å². The molecule has 0 aromatic carbocycles. The maximum absolute atomic E-state index is 10.8. The van der Waals surface area contributed by atoms with Crippen LogP contribution in [-0.4, -0.2) is 30.2 Å². The first-order valence-corrected chi connectivity index (χ1v) is 4.24. The van der Waals surface area contributed by atoms with Crippen LogP contribution in [0.15, 0.2) is 0 Å². The molecule has 0 fully saturated rings. The number of unbranched alkanes of at least 4 members (excludes halogenated alkanes) is 1. The first-order valence-electron chi connectivity index (χ1n) is 4.24. The summed E-state index contributed by atoms with van der Waals surface area (Å²) in [4.78, 5) is 20.9. The van der Waals surface area contributed by atoms with Crippen molar-refractivity contribution in [1.82, 2.24) is 0 Å². The van der Waals surface area contributed by atoms with Gasteiger partial charge in [-0.3, -0.25) is 9.59 Å². The number of carbonyl (C=O) groups is 2. The van der Waals surface area contributed by atoms with Gasteiger partial charge in [-0.2, -0.15) is 0 Å². The van der Waals surface area contributed by atoms with E-state index in [2.05, 4.69) is 4.74 Å². The predicted molar refractivity (Wildman–Crippen MR) is 60.6 cm³/mol. The summed E-state index contributed by atoms with van der Waals surface area (Å²) in [6.45, 7) is 0.554. The number of hydrogen-bond donors (Lipinski definition) is 2. The minimum absolute atomic E-state index is 0. The summed E-state index contributed by atoms with van der Waals surface area (Å²) in [6, 6.07) is 0. The predicted octanol–water partition coefficient (Wildman–Crippen LogP) is 0.977. The fourth-order valence-electron chi connectivity index (χ4n) is 0.790. The number of esters is 1. The molecule has 15 heavy (non-hydrogen) atoms. The third-order valence-corrected chi connectivity index (χ3v) is 1.40. The minimum atomic E-state index is -0.838. The molecule has 0 bridgehead atoms. The Bertz CT molecular complexity index is 178. The Morgan fingerprint density at radius 3 is 2.13 bits per heavy atom. The van der Waals surface area contributed by atoms with E-state index in [9.17, 15) is 9.59 Å². The highest BCUT2D eigenvalue weighted by molar-refractivity contribution is 5.85. The monoisotopic (exact) mass is 261 g/mol. The zero-order valence-corrected chi connectivity index (χ0v) is 9.94. The number of rotatable bonds is 7. The van der Waals surface area contributed by atoms with E-state index in [4.69, 9.17) is 10.8 Å². The molecule has 0 saturated heterocycles. The molecule has 7 heteroatoms. The Labute approximate surface area is 101 Å². The van der Waals surface area contributed by atoms with Gasteiger partial charge < -0.3 is 15.6 Å². The molecule has 0 aromatic heterocycles. The van der Waals surface area contributed by atoms with E-state index in [1.54, 1.807) is 0 Å². The Morgan fingerprint density at radius 2 is 1.67 bits per heavy atom. The van der Waals surface area contributed by atoms with Gasteiger partial charge in [-0.15, -0.1) is 24.8 Å². The lowest BCUT2D eigenvalue weighted by Crippen LogP contribution is -2.13. The van der Waals surface area contributed by atoms with Crippen molar-refractivity contribution in [2.24, 2.45) is 5.73 Å². The number of carboxylic acids is 1. The van der Waals surface area contributed by atoms with Crippen LogP contribution in [0.4, 0.5) is 0 Å². The van der Waals surface area contributed by atoms with Crippen molar-refractivity contribution >= 4 is 36.8 Å². The number of ether oxygens (including phenoxy) is 1. The first kappa shape index (κ1) is 20.0. The molecule has 0 saturated carbocycles. The molecule has 3 N–H and O–H groups in total. The fraction of sp³-hybridized carbons (Fsp3) is 0.750. The Kier molecular flexibility index (Phi) is 17.9. The summed E-state index contributed by atoms with van der Waals surface area (Å²) in [5, 5.41) is 8.29. The van der Waals surface area contributed by atoms with Gasteiger partial charge in [0, 0.05) is 19.4 Å². The lowest BCUT2D eigenvalue weighted by atomic mass is 10.2. The Hall–Kier alpha value is -0.520. The van der Waals surface area contributed by atoms with E-state index in [0.29, 0.717) is 19.4 Å². The van der Waals surface area contributed by atoms with Crippen molar-refractivity contribution in [3.63, 3.8) is 0 Å². The molecule has 0 rings (SSSR count). The van der Waals surface area contributed by atoms with E-state index >= 15 is 0 Å². The molecular weight excluding hydrogens is 245 g/mol. The van der Waals surface area contributed by atoms with Gasteiger partial charge in [0.05, 0.1) is 0 Å². The summed E-state index contributed by atoms with van der Waals surface area (Å²) in [6.07, 6.45) is 1.43. The number of halogens is 2. The van der Waals surface area contributed by atoms with Crippen LogP contribution >= 0.6 is 24.8 Å². The molecular formula is C8H17Cl2NO4. The highest BCUT2D eigenvalue weighted by Crippen LogP contribution is 2.00. The van der Waals surface area contributed by atoms with Gasteiger partial charge in [-0.25, -0.2) is 0 Å². The Morgan fingerprint density at radius 1 is 1.13 bits per heavy atom. The number of nitrogens with two attached hydrogens (primary N) is 1. The maximum atomic E-state index is 10.8. The second kappa shape index (κ2) is 13.5. The summed E-state index contributed by atoms with van der Waals surface area (Å²) in [7, 11) is 0. The van der Waals surface area contributed by atoms with E-state index in [-0.39, 0.29) is 50.2 Å². The normalized spacial score (nSPS) is 8.33. The molecule has 0 aliphatic heterocycles. The summed E-state index contributed by atoms with van der Waals surface area (Å²) < 4.78 is 4.69. The zero-order valence-electron chi connectivity index (χ0n) is 8.31. The number of aliphatic carboxylic acids is 1. The number of hydrogen-bond acceptors (Lipinski definition) is 4. The third-order valence-electron chi connectivity index (χ3n) is 1.40. The molecule has 0 radical (unpaired) electrons. The molecule has 0 amide bonds. The fourth-order valence-corrected chi connectivity index (χ4v) is 0.790. The minimum Gasteiger partial charge on any atom is -0.481 e. The quantitative estimate of drug-likeness (QED) is 0.527. The maximum Gasteiger partial charge on any atom is 0.305 e. The second-order valence-electron chi connectivity index (χ2n) is 2.61. The van der Waals surface area contributed by atoms with Gasteiger partial charge >= 0.3 is 11.9 Å². The second-order valence-corrected chi connectivity index (χ2v) is 2.61.